The fourth-order valence-electron chi connectivity index (χ4n) is 2.67. The van der Waals surface area contributed by atoms with Crippen LogP contribution in [0.5, 0.6) is 0 Å². The van der Waals surface area contributed by atoms with E-state index in [4.69, 9.17) is 0 Å². The van der Waals surface area contributed by atoms with Crippen LogP contribution in [0.2, 0.25) is 0 Å². The molecular formula is C13H21N3. The maximum atomic E-state index is 4.08. The van der Waals surface area contributed by atoms with Gasteiger partial charge in [-0.1, -0.05) is 25.7 Å². The summed E-state index contributed by atoms with van der Waals surface area (Å²) >= 11 is 0. The average Bonchev–Trinajstić information content (AvgIpc) is 2.84. The Morgan fingerprint density at radius 1 is 1.31 bits per heavy atom. The van der Waals surface area contributed by atoms with Crippen LogP contribution in [0.4, 0.5) is 0 Å². The van der Waals surface area contributed by atoms with Gasteiger partial charge < -0.3 is 5.32 Å². The van der Waals surface area contributed by atoms with Gasteiger partial charge in [0.25, 0.3) is 0 Å². The van der Waals surface area contributed by atoms with Crippen molar-refractivity contribution >= 4 is 0 Å². The molecule has 1 unspecified atom stereocenters. The smallest absolute Gasteiger partial charge is 0.115 e. The van der Waals surface area contributed by atoms with E-state index in [0.29, 0.717) is 6.04 Å². The zero-order chi connectivity index (χ0) is 11.2. The first-order valence-electron chi connectivity index (χ1n) is 6.32. The first kappa shape index (κ1) is 11.5. The molecule has 1 heterocycles. The van der Waals surface area contributed by atoms with E-state index < -0.39 is 0 Å². The van der Waals surface area contributed by atoms with E-state index in [1.807, 2.05) is 19.4 Å². The van der Waals surface area contributed by atoms with Gasteiger partial charge in [-0.15, -0.1) is 0 Å². The van der Waals surface area contributed by atoms with Gasteiger partial charge in [0, 0.05) is 24.0 Å². The van der Waals surface area contributed by atoms with Crippen molar-refractivity contribution in [3.63, 3.8) is 0 Å². The summed E-state index contributed by atoms with van der Waals surface area (Å²) in [5.41, 5.74) is 1.21. The molecule has 1 fully saturated rings. The molecular weight excluding hydrogens is 198 g/mol. The van der Waals surface area contributed by atoms with E-state index in [9.17, 15) is 0 Å². The lowest BCUT2D eigenvalue weighted by atomic mass is 9.96. The molecule has 1 atom stereocenters. The second kappa shape index (κ2) is 5.94. The molecule has 1 aromatic rings. The molecule has 2 rings (SSSR count). The molecule has 0 spiro atoms. The predicted molar refractivity (Wildman–Crippen MR) is 65.0 cm³/mol. The molecule has 1 N–H and O–H groups in total. The number of nitrogens with zero attached hydrogens (tertiary/aromatic N) is 2. The predicted octanol–water partition coefficient (Wildman–Crippen LogP) is 2.71. The van der Waals surface area contributed by atoms with Crippen molar-refractivity contribution in [3.05, 3.63) is 24.3 Å². The van der Waals surface area contributed by atoms with E-state index in [1.165, 1.54) is 44.1 Å². The van der Waals surface area contributed by atoms with E-state index in [-0.39, 0.29) is 0 Å². The summed E-state index contributed by atoms with van der Waals surface area (Å²) in [6, 6.07) is 0.418. The summed E-state index contributed by atoms with van der Waals surface area (Å²) in [5.74, 6) is 0.959. The Morgan fingerprint density at radius 2 is 2.00 bits per heavy atom. The van der Waals surface area contributed by atoms with Crippen LogP contribution < -0.4 is 5.32 Å². The Labute approximate surface area is 97.7 Å². The molecule has 0 bridgehead atoms. The minimum atomic E-state index is 0.418. The number of aromatic nitrogens is 2. The van der Waals surface area contributed by atoms with Crippen LogP contribution in [0.25, 0.3) is 0 Å². The van der Waals surface area contributed by atoms with Crippen molar-refractivity contribution in [2.24, 2.45) is 5.92 Å². The second-order valence-corrected chi connectivity index (χ2v) is 4.74. The van der Waals surface area contributed by atoms with Crippen molar-refractivity contribution in [2.45, 2.75) is 44.6 Å². The van der Waals surface area contributed by atoms with Gasteiger partial charge >= 0.3 is 0 Å². The Hall–Kier alpha value is -0.960. The summed E-state index contributed by atoms with van der Waals surface area (Å²) in [4.78, 5) is 8.16. The number of hydrogen-bond donors (Lipinski definition) is 1. The molecule has 3 heteroatoms. The lowest BCUT2D eigenvalue weighted by Gasteiger charge is -2.17. The highest BCUT2D eigenvalue weighted by Gasteiger charge is 2.17. The number of rotatable bonds is 5. The summed E-state index contributed by atoms with van der Waals surface area (Å²) in [6.07, 6.45) is 13.7. The normalized spacial score (nSPS) is 18.8. The van der Waals surface area contributed by atoms with Crippen molar-refractivity contribution in [1.29, 1.82) is 0 Å². The third-order valence-corrected chi connectivity index (χ3v) is 3.67. The average molecular weight is 219 g/mol. The first-order chi connectivity index (χ1) is 7.90. The number of nitrogens with one attached hydrogen (secondary N) is 1. The molecule has 1 aliphatic carbocycles. The minimum Gasteiger partial charge on any atom is -0.313 e. The van der Waals surface area contributed by atoms with Gasteiger partial charge in [0.05, 0.1) is 0 Å². The molecule has 1 aromatic heterocycles. The van der Waals surface area contributed by atoms with Gasteiger partial charge in [-0.2, -0.15) is 0 Å². The molecule has 88 valence electrons. The highest BCUT2D eigenvalue weighted by Crippen LogP contribution is 2.31. The zero-order valence-corrected chi connectivity index (χ0v) is 10.0. The largest absolute Gasteiger partial charge is 0.313 e. The van der Waals surface area contributed by atoms with Crippen LogP contribution in [0, 0.1) is 5.92 Å². The van der Waals surface area contributed by atoms with Crippen molar-refractivity contribution in [3.8, 4) is 0 Å². The molecule has 0 aromatic carbocycles. The third-order valence-electron chi connectivity index (χ3n) is 3.67. The topological polar surface area (TPSA) is 37.8 Å². The summed E-state index contributed by atoms with van der Waals surface area (Å²) < 4.78 is 0. The highest BCUT2D eigenvalue weighted by molar-refractivity contribution is 5.08. The summed E-state index contributed by atoms with van der Waals surface area (Å²) in [5, 5.41) is 3.36. The lowest BCUT2D eigenvalue weighted by molar-refractivity contribution is 0.426. The van der Waals surface area contributed by atoms with E-state index in [1.54, 1.807) is 6.33 Å². The van der Waals surface area contributed by atoms with Crippen LogP contribution in [0.15, 0.2) is 18.7 Å². The van der Waals surface area contributed by atoms with Crippen molar-refractivity contribution < 1.29 is 0 Å². The van der Waals surface area contributed by atoms with E-state index in [2.05, 4.69) is 15.3 Å². The van der Waals surface area contributed by atoms with Gasteiger partial charge in [0.1, 0.15) is 6.33 Å². The quantitative estimate of drug-likeness (QED) is 0.827. The molecule has 1 aliphatic rings. The van der Waals surface area contributed by atoms with Crippen LogP contribution >= 0.6 is 0 Å². The Morgan fingerprint density at radius 3 is 2.62 bits per heavy atom. The van der Waals surface area contributed by atoms with Gasteiger partial charge in [-0.25, -0.2) is 9.97 Å². The molecule has 1 saturated carbocycles. The van der Waals surface area contributed by atoms with Crippen LogP contribution in [-0.2, 0) is 0 Å². The summed E-state index contributed by atoms with van der Waals surface area (Å²) in [6.45, 7) is 0. The minimum absolute atomic E-state index is 0.418. The molecule has 3 nitrogen and oxygen atoms in total. The standard InChI is InChI=1S/C13H21N3/c1-14-13(12-8-15-10-16-9-12)7-6-11-4-2-3-5-11/h8-11,13-14H,2-7H2,1H3. The maximum Gasteiger partial charge on any atom is 0.115 e. The van der Waals surface area contributed by atoms with Crippen molar-refractivity contribution in [1.82, 2.24) is 15.3 Å². The van der Waals surface area contributed by atoms with Gasteiger partial charge in [-0.05, 0) is 25.8 Å². The zero-order valence-electron chi connectivity index (χ0n) is 10.0. The van der Waals surface area contributed by atoms with Gasteiger partial charge in [-0.3, -0.25) is 0 Å². The van der Waals surface area contributed by atoms with E-state index >= 15 is 0 Å². The fourth-order valence-corrected chi connectivity index (χ4v) is 2.67. The van der Waals surface area contributed by atoms with Crippen LogP contribution in [0.1, 0.15) is 50.1 Å². The van der Waals surface area contributed by atoms with Gasteiger partial charge in [0.2, 0.25) is 0 Å². The second-order valence-electron chi connectivity index (χ2n) is 4.74. The van der Waals surface area contributed by atoms with Gasteiger partial charge in [0.15, 0.2) is 0 Å². The molecule has 0 aliphatic heterocycles. The van der Waals surface area contributed by atoms with E-state index in [0.717, 1.165) is 5.92 Å². The molecule has 16 heavy (non-hydrogen) atoms. The number of hydrogen-bond acceptors (Lipinski definition) is 3. The SMILES string of the molecule is CNC(CCC1CCCC1)c1cncnc1. The highest BCUT2D eigenvalue weighted by atomic mass is 14.9. The molecule has 0 radical (unpaired) electrons. The Kier molecular flexibility index (Phi) is 4.28. The fraction of sp³-hybridized carbons (Fsp3) is 0.692. The molecule has 0 amide bonds. The third kappa shape index (κ3) is 3.01. The first-order valence-corrected chi connectivity index (χ1v) is 6.32. The Balaban J connectivity index is 1.85. The van der Waals surface area contributed by atoms with Crippen molar-refractivity contribution in [2.75, 3.05) is 7.05 Å². The maximum absolute atomic E-state index is 4.08. The monoisotopic (exact) mass is 219 g/mol. The molecule has 0 saturated heterocycles. The van der Waals surface area contributed by atoms with Crippen LogP contribution in [-0.4, -0.2) is 17.0 Å². The summed E-state index contributed by atoms with van der Waals surface area (Å²) in [7, 11) is 2.02. The van der Waals surface area contributed by atoms with Crippen LogP contribution in [0.3, 0.4) is 0 Å². The lowest BCUT2D eigenvalue weighted by Crippen LogP contribution is -2.17. The Bertz CT molecular complexity index is 293.